The third-order valence-corrected chi connectivity index (χ3v) is 2.83. The molecule has 1 atom stereocenters. The Morgan fingerprint density at radius 2 is 2.21 bits per heavy atom. The highest BCUT2D eigenvalue weighted by atomic mass is 16.5. The quantitative estimate of drug-likeness (QED) is 0.733. The first-order valence-corrected chi connectivity index (χ1v) is 5.24. The molecule has 1 fully saturated rings. The van der Waals surface area contributed by atoms with Crippen molar-refractivity contribution in [1.82, 2.24) is 4.98 Å². The van der Waals surface area contributed by atoms with Crippen molar-refractivity contribution < 1.29 is 4.74 Å². The van der Waals surface area contributed by atoms with Crippen molar-refractivity contribution in [3.63, 3.8) is 0 Å². The van der Waals surface area contributed by atoms with Gasteiger partial charge < -0.3 is 4.74 Å². The molecule has 0 radical (unpaired) electrons. The average Bonchev–Trinajstić information content (AvgIpc) is 2.74. The first-order valence-electron chi connectivity index (χ1n) is 5.24. The van der Waals surface area contributed by atoms with Crippen molar-refractivity contribution >= 4 is 0 Å². The van der Waals surface area contributed by atoms with Gasteiger partial charge >= 0.3 is 0 Å². The summed E-state index contributed by atoms with van der Waals surface area (Å²) in [6.45, 7) is 6.55. The highest BCUT2D eigenvalue weighted by Gasteiger charge is 2.48. The lowest BCUT2D eigenvalue weighted by molar-refractivity contribution is 0.249. The second-order valence-electron chi connectivity index (χ2n) is 4.62. The maximum absolute atomic E-state index is 5.77. The van der Waals surface area contributed by atoms with Crippen LogP contribution in [0.2, 0.25) is 0 Å². The van der Waals surface area contributed by atoms with Crippen molar-refractivity contribution in [1.29, 1.82) is 0 Å². The number of nitrogens with zero attached hydrogens (tertiary/aromatic N) is 1. The fraction of sp³-hybridized carbons (Fsp3) is 0.583. The molecule has 1 aliphatic carbocycles. The second kappa shape index (κ2) is 3.26. The Balaban J connectivity index is 2.03. The van der Waals surface area contributed by atoms with Gasteiger partial charge in [0.15, 0.2) is 0 Å². The van der Waals surface area contributed by atoms with E-state index in [0.29, 0.717) is 11.5 Å². The maximum Gasteiger partial charge on any atom is 0.213 e. The molecule has 2 rings (SSSR count). The molecule has 0 saturated heterocycles. The van der Waals surface area contributed by atoms with Crippen LogP contribution in [0.5, 0.6) is 5.88 Å². The number of ether oxygens (including phenoxy) is 1. The summed E-state index contributed by atoms with van der Waals surface area (Å²) in [5.41, 5.74) is 1.45. The summed E-state index contributed by atoms with van der Waals surface area (Å²) in [5, 5.41) is 0. The van der Waals surface area contributed by atoms with Crippen LogP contribution in [-0.4, -0.2) is 11.1 Å². The van der Waals surface area contributed by atoms with Gasteiger partial charge in [0.25, 0.3) is 0 Å². The summed E-state index contributed by atoms with van der Waals surface area (Å²) in [6.07, 6.45) is 2.47. The van der Waals surface area contributed by atoms with Crippen molar-refractivity contribution in [2.24, 2.45) is 5.41 Å². The van der Waals surface area contributed by atoms with Gasteiger partial charge in [-0.05, 0) is 18.9 Å². The number of aryl methyl sites for hydroxylation is 1. The van der Waals surface area contributed by atoms with E-state index in [4.69, 9.17) is 4.74 Å². The molecule has 0 unspecified atom stereocenters. The Kier molecular flexibility index (Phi) is 2.22. The Morgan fingerprint density at radius 1 is 1.50 bits per heavy atom. The van der Waals surface area contributed by atoms with Gasteiger partial charge in [0.2, 0.25) is 5.88 Å². The molecule has 2 heteroatoms. The minimum atomic E-state index is 0.351. The van der Waals surface area contributed by atoms with Gasteiger partial charge in [-0.1, -0.05) is 26.8 Å². The normalized spacial score (nSPS) is 23.2. The third kappa shape index (κ3) is 1.89. The van der Waals surface area contributed by atoms with Crippen LogP contribution < -0.4 is 4.74 Å². The van der Waals surface area contributed by atoms with Gasteiger partial charge in [-0.3, -0.25) is 0 Å². The molecule has 76 valence electrons. The van der Waals surface area contributed by atoms with Gasteiger partial charge in [-0.15, -0.1) is 0 Å². The van der Waals surface area contributed by atoms with E-state index >= 15 is 0 Å². The SMILES string of the molecule is CCc1cccc(O[C@@H]2CC2(C)C)n1. The van der Waals surface area contributed by atoms with Crippen molar-refractivity contribution in [3.05, 3.63) is 23.9 Å². The first kappa shape index (κ1) is 9.50. The zero-order chi connectivity index (χ0) is 10.2. The minimum Gasteiger partial charge on any atom is -0.474 e. The zero-order valence-electron chi connectivity index (χ0n) is 9.08. The fourth-order valence-corrected chi connectivity index (χ4v) is 1.49. The molecule has 0 amide bonds. The summed E-state index contributed by atoms with van der Waals surface area (Å²) in [6, 6.07) is 5.98. The van der Waals surface area contributed by atoms with E-state index in [1.54, 1.807) is 0 Å². The van der Waals surface area contributed by atoms with E-state index in [-0.39, 0.29) is 0 Å². The van der Waals surface area contributed by atoms with Crippen LogP contribution in [0.15, 0.2) is 18.2 Å². The van der Waals surface area contributed by atoms with Crippen LogP contribution in [0.1, 0.15) is 32.9 Å². The van der Waals surface area contributed by atoms with Crippen molar-refractivity contribution in [2.75, 3.05) is 0 Å². The largest absolute Gasteiger partial charge is 0.474 e. The molecule has 1 aromatic heterocycles. The fourth-order valence-electron chi connectivity index (χ4n) is 1.49. The predicted molar refractivity (Wildman–Crippen MR) is 56.4 cm³/mol. The summed E-state index contributed by atoms with van der Waals surface area (Å²) < 4.78 is 5.77. The first-order chi connectivity index (χ1) is 6.62. The van der Waals surface area contributed by atoms with Crippen LogP contribution in [0.25, 0.3) is 0 Å². The number of hydrogen-bond donors (Lipinski definition) is 0. The molecule has 1 aromatic rings. The van der Waals surface area contributed by atoms with Crippen LogP contribution in [0.3, 0.4) is 0 Å². The van der Waals surface area contributed by atoms with Gasteiger partial charge in [-0.25, -0.2) is 4.98 Å². The van der Waals surface area contributed by atoms with E-state index in [1.165, 1.54) is 0 Å². The molecule has 0 aliphatic heterocycles. The summed E-state index contributed by atoms with van der Waals surface area (Å²) in [7, 11) is 0. The molecular formula is C12H17NO. The van der Waals surface area contributed by atoms with Crippen LogP contribution in [0.4, 0.5) is 0 Å². The topological polar surface area (TPSA) is 22.1 Å². The summed E-state index contributed by atoms with van der Waals surface area (Å²) in [5.74, 6) is 0.778. The van der Waals surface area contributed by atoms with Crippen molar-refractivity contribution in [2.45, 2.75) is 39.7 Å². The van der Waals surface area contributed by atoms with E-state index in [9.17, 15) is 0 Å². The second-order valence-corrected chi connectivity index (χ2v) is 4.62. The lowest BCUT2D eigenvalue weighted by atomic mass is 10.2. The lowest BCUT2D eigenvalue weighted by Gasteiger charge is -2.07. The van der Waals surface area contributed by atoms with Gasteiger partial charge in [-0.2, -0.15) is 0 Å². The minimum absolute atomic E-state index is 0.351. The molecule has 0 N–H and O–H groups in total. The molecule has 2 nitrogen and oxygen atoms in total. The molecule has 1 heterocycles. The zero-order valence-corrected chi connectivity index (χ0v) is 9.08. The Labute approximate surface area is 85.3 Å². The van der Waals surface area contributed by atoms with Crippen molar-refractivity contribution in [3.8, 4) is 5.88 Å². The van der Waals surface area contributed by atoms with E-state index < -0.39 is 0 Å². The van der Waals surface area contributed by atoms with Crippen LogP contribution in [0, 0.1) is 5.41 Å². The van der Waals surface area contributed by atoms with E-state index in [2.05, 4.69) is 25.8 Å². The molecule has 1 saturated carbocycles. The van der Waals surface area contributed by atoms with Gasteiger partial charge in [0.1, 0.15) is 6.10 Å². The number of hydrogen-bond acceptors (Lipinski definition) is 2. The summed E-state index contributed by atoms with van der Waals surface area (Å²) >= 11 is 0. The molecular weight excluding hydrogens is 174 g/mol. The highest BCUT2D eigenvalue weighted by molar-refractivity contribution is 5.17. The van der Waals surface area contributed by atoms with E-state index in [0.717, 1.165) is 24.4 Å². The Hall–Kier alpha value is -1.05. The molecule has 14 heavy (non-hydrogen) atoms. The molecule has 1 aliphatic rings. The molecule has 0 spiro atoms. The van der Waals surface area contributed by atoms with E-state index in [1.807, 2.05) is 18.2 Å². The highest BCUT2D eigenvalue weighted by Crippen LogP contribution is 2.46. The molecule has 0 bridgehead atoms. The number of rotatable bonds is 3. The monoisotopic (exact) mass is 191 g/mol. The van der Waals surface area contributed by atoms with Gasteiger partial charge in [0, 0.05) is 17.2 Å². The van der Waals surface area contributed by atoms with Gasteiger partial charge in [0.05, 0.1) is 0 Å². The third-order valence-electron chi connectivity index (χ3n) is 2.83. The smallest absolute Gasteiger partial charge is 0.213 e. The summed E-state index contributed by atoms with van der Waals surface area (Å²) in [4.78, 5) is 4.41. The Morgan fingerprint density at radius 3 is 2.79 bits per heavy atom. The lowest BCUT2D eigenvalue weighted by Crippen LogP contribution is -2.06. The van der Waals surface area contributed by atoms with Crippen LogP contribution in [-0.2, 0) is 6.42 Å². The standard InChI is InChI=1S/C12H17NO/c1-4-9-6-5-7-11(13-9)14-10-8-12(10,2)3/h5-7,10H,4,8H2,1-3H3/t10-/m1/s1. The Bertz CT molecular complexity index is 333. The molecule has 0 aromatic carbocycles. The average molecular weight is 191 g/mol. The number of aromatic nitrogens is 1. The van der Waals surface area contributed by atoms with Crippen LogP contribution >= 0.6 is 0 Å². The maximum atomic E-state index is 5.77. The predicted octanol–water partition coefficient (Wildman–Crippen LogP) is 2.82. The number of pyridine rings is 1.